The molecule has 0 spiro atoms. The standard InChI is InChI=1S/C19H25ClN2OS/c1-18(2,3)14-9-7-13(8-10-14)12-24-16-15(20)11-21-22(17(16)23)19(4,5)6/h7-11H,12H2,1-6H3. The van der Waals surface area contributed by atoms with E-state index in [-0.39, 0.29) is 16.5 Å². The van der Waals surface area contributed by atoms with E-state index in [1.165, 1.54) is 27.6 Å². The van der Waals surface area contributed by atoms with E-state index >= 15 is 0 Å². The molecule has 0 aliphatic carbocycles. The van der Waals surface area contributed by atoms with Crippen molar-refractivity contribution in [3.05, 3.63) is 57.0 Å². The van der Waals surface area contributed by atoms with Crippen LogP contribution in [0.4, 0.5) is 0 Å². The molecule has 0 saturated heterocycles. The number of thioether (sulfide) groups is 1. The first-order chi connectivity index (χ1) is 11.0. The van der Waals surface area contributed by atoms with Crippen LogP contribution in [0.1, 0.15) is 52.7 Å². The van der Waals surface area contributed by atoms with E-state index in [0.29, 0.717) is 15.7 Å². The lowest BCUT2D eigenvalue weighted by molar-refractivity contribution is 0.333. The molecule has 0 aliphatic rings. The Balaban J connectivity index is 2.22. The fourth-order valence-corrected chi connectivity index (χ4v) is 3.47. The second kappa shape index (κ2) is 6.93. The first kappa shape index (κ1) is 19.1. The van der Waals surface area contributed by atoms with Gasteiger partial charge in [0.1, 0.15) is 0 Å². The average Bonchev–Trinajstić information content (AvgIpc) is 2.45. The van der Waals surface area contributed by atoms with Crippen LogP contribution in [0.25, 0.3) is 0 Å². The van der Waals surface area contributed by atoms with Crippen molar-refractivity contribution in [2.24, 2.45) is 0 Å². The minimum Gasteiger partial charge on any atom is -0.266 e. The Labute approximate surface area is 153 Å². The smallest absolute Gasteiger partial charge is 0.266 e. The number of hydrogen-bond acceptors (Lipinski definition) is 3. The minimum absolute atomic E-state index is 0.133. The van der Waals surface area contributed by atoms with Crippen molar-refractivity contribution in [2.45, 2.75) is 63.1 Å². The van der Waals surface area contributed by atoms with Crippen molar-refractivity contribution in [1.29, 1.82) is 0 Å². The van der Waals surface area contributed by atoms with Crippen LogP contribution in [-0.4, -0.2) is 9.78 Å². The van der Waals surface area contributed by atoms with E-state index < -0.39 is 0 Å². The highest BCUT2D eigenvalue weighted by atomic mass is 35.5. The summed E-state index contributed by atoms with van der Waals surface area (Å²) >= 11 is 7.67. The SMILES string of the molecule is CC(C)(C)c1ccc(CSc2c(Cl)cnn(C(C)(C)C)c2=O)cc1. The molecule has 0 fully saturated rings. The molecule has 0 saturated carbocycles. The molecular weight excluding hydrogens is 340 g/mol. The quantitative estimate of drug-likeness (QED) is 0.698. The Morgan fingerprint density at radius 1 is 1.08 bits per heavy atom. The van der Waals surface area contributed by atoms with Crippen LogP contribution >= 0.6 is 23.4 Å². The highest BCUT2D eigenvalue weighted by molar-refractivity contribution is 7.98. The first-order valence-corrected chi connectivity index (χ1v) is 9.37. The lowest BCUT2D eigenvalue weighted by Crippen LogP contribution is -2.36. The van der Waals surface area contributed by atoms with Crippen LogP contribution < -0.4 is 5.56 Å². The second-order valence-corrected chi connectivity index (χ2v) is 9.34. The number of halogens is 1. The van der Waals surface area contributed by atoms with Crippen molar-refractivity contribution in [2.75, 3.05) is 0 Å². The largest absolute Gasteiger partial charge is 0.282 e. The maximum Gasteiger partial charge on any atom is 0.282 e. The fourth-order valence-electron chi connectivity index (χ4n) is 2.28. The number of aromatic nitrogens is 2. The van der Waals surface area contributed by atoms with Gasteiger partial charge in [-0.3, -0.25) is 4.79 Å². The van der Waals surface area contributed by atoms with Gasteiger partial charge >= 0.3 is 0 Å². The molecule has 0 amide bonds. The summed E-state index contributed by atoms with van der Waals surface area (Å²) in [7, 11) is 0. The first-order valence-electron chi connectivity index (χ1n) is 8.00. The molecule has 0 bridgehead atoms. The van der Waals surface area contributed by atoms with Gasteiger partial charge in [0, 0.05) is 5.75 Å². The predicted molar refractivity (Wildman–Crippen MR) is 103 cm³/mol. The van der Waals surface area contributed by atoms with Gasteiger partial charge in [-0.1, -0.05) is 56.6 Å². The highest BCUT2D eigenvalue weighted by Crippen LogP contribution is 2.28. The van der Waals surface area contributed by atoms with Gasteiger partial charge < -0.3 is 0 Å². The van der Waals surface area contributed by atoms with Crippen LogP contribution in [0.15, 0.2) is 40.2 Å². The summed E-state index contributed by atoms with van der Waals surface area (Å²) in [6, 6.07) is 8.53. The van der Waals surface area contributed by atoms with Gasteiger partial charge in [0.2, 0.25) is 0 Å². The lowest BCUT2D eigenvalue weighted by Gasteiger charge is -2.21. The molecule has 0 aliphatic heterocycles. The number of rotatable bonds is 3. The molecule has 24 heavy (non-hydrogen) atoms. The summed E-state index contributed by atoms with van der Waals surface area (Å²) in [4.78, 5) is 13.2. The summed E-state index contributed by atoms with van der Waals surface area (Å²) in [5.41, 5.74) is 2.11. The van der Waals surface area contributed by atoms with E-state index in [4.69, 9.17) is 11.6 Å². The van der Waals surface area contributed by atoms with E-state index in [9.17, 15) is 4.79 Å². The zero-order valence-corrected chi connectivity index (χ0v) is 16.8. The summed E-state index contributed by atoms with van der Waals surface area (Å²) in [6.07, 6.45) is 1.55. The van der Waals surface area contributed by atoms with Gasteiger partial charge in [0.25, 0.3) is 5.56 Å². The molecule has 0 N–H and O–H groups in total. The van der Waals surface area contributed by atoms with Crippen molar-refractivity contribution in [1.82, 2.24) is 9.78 Å². The third-order valence-electron chi connectivity index (χ3n) is 3.73. The summed E-state index contributed by atoms with van der Waals surface area (Å²) < 4.78 is 1.49. The van der Waals surface area contributed by atoms with Crippen LogP contribution in [0.5, 0.6) is 0 Å². The van der Waals surface area contributed by atoms with Crippen molar-refractivity contribution in [3.63, 3.8) is 0 Å². The molecule has 130 valence electrons. The van der Waals surface area contributed by atoms with Crippen molar-refractivity contribution in [3.8, 4) is 0 Å². The highest BCUT2D eigenvalue weighted by Gasteiger charge is 2.20. The van der Waals surface area contributed by atoms with Crippen LogP contribution in [0.2, 0.25) is 5.02 Å². The number of nitrogens with zero attached hydrogens (tertiary/aromatic N) is 2. The van der Waals surface area contributed by atoms with Gasteiger partial charge in [-0.25, -0.2) is 4.68 Å². The van der Waals surface area contributed by atoms with Crippen LogP contribution in [0, 0.1) is 0 Å². The van der Waals surface area contributed by atoms with Crippen molar-refractivity contribution < 1.29 is 0 Å². The zero-order valence-electron chi connectivity index (χ0n) is 15.2. The summed E-state index contributed by atoms with van der Waals surface area (Å²) in [6.45, 7) is 12.5. The van der Waals surface area contributed by atoms with E-state index in [1.54, 1.807) is 6.20 Å². The summed E-state index contributed by atoms with van der Waals surface area (Å²) in [5.74, 6) is 0.702. The molecule has 2 aromatic rings. The van der Waals surface area contributed by atoms with Crippen LogP contribution in [0.3, 0.4) is 0 Å². The fraction of sp³-hybridized carbons (Fsp3) is 0.474. The molecule has 3 nitrogen and oxygen atoms in total. The Hall–Kier alpha value is -1.26. The lowest BCUT2D eigenvalue weighted by atomic mass is 9.87. The third kappa shape index (κ3) is 4.42. The Morgan fingerprint density at radius 3 is 2.17 bits per heavy atom. The van der Waals surface area contributed by atoms with E-state index in [2.05, 4.69) is 50.1 Å². The van der Waals surface area contributed by atoms with Crippen LogP contribution in [-0.2, 0) is 16.7 Å². The van der Waals surface area contributed by atoms with Gasteiger partial charge in [0.05, 0.1) is 21.7 Å². The molecular formula is C19H25ClN2OS. The molecule has 0 atom stereocenters. The molecule has 2 rings (SSSR count). The average molecular weight is 365 g/mol. The monoisotopic (exact) mass is 364 g/mol. The van der Waals surface area contributed by atoms with Gasteiger partial charge in [-0.2, -0.15) is 5.10 Å². The predicted octanol–water partition coefficient (Wildman–Crippen LogP) is 5.24. The summed E-state index contributed by atoms with van der Waals surface area (Å²) in [5, 5.41) is 4.58. The maximum absolute atomic E-state index is 12.6. The maximum atomic E-state index is 12.6. The molecule has 0 radical (unpaired) electrons. The Bertz CT molecular complexity index is 768. The molecule has 1 aromatic carbocycles. The number of benzene rings is 1. The van der Waals surface area contributed by atoms with E-state index in [0.717, 1.165) is 0 Å². The molecule has 1 aromatic heterocycles. The topological polar surface area (TPSA) is 34.9 Å². The molecule has 5 heteroatoms. The minimum atomic E-state index is -0.370. The number of hydrogen-bond donors (Lipinski definition) is 0. The van der Waals surface area contributed by atoms with E-state index in [1.807, 2.05) is 20.8 Å². The second-order valence-electron chi connectivity index (χ2n) is 7.95. The van der Waals surface area contributed by atoms with Crippen molar-refractivity contribution >= 4 is 23.4 Å². The van der Waals surface area contributed by atoms with Gasteiger partial charge in [-0.05, 0) is 37.3 Å². The normalized spacial score (nSPS) is 12.5. The van der Waals surface area contributed by atoms with Gasteiger partial charge in [0.15, 0.2) is 0 Å². The van der Waals surface area contributed by atoms with Gasteiger partial charge in [-0.15, -0.1) is 11.8 Å². The molecule has 1 heterocycles. The third-order valence-corrected chi connectivity index (χ3v) is 5.29. The Kier molecular flexibility index (Phi) is 5.50. The molecule has 0 unspecified atom stereocenters. The zero-order chi connectivity index (χ0) is 18.1. The Morgan fingerprint density at radius 2 is 1.67 bits per heavy atom.